The quantitative estimate of drug-likeness (QED) is 0.758. The summed E-state index contributed by atoms with van der Waals surface area (Å²) in [6.07, 6.45) is 3.10. The number of fused-ring (bicyclic) bond motifs is 1. The molecule has 0 saturated carbocycles. The fraction of sp³-hybridized carbons (Fsp3) is 0.0833. The molecule has 0 atom stereocenters. The van der Waals surface area contributed by atoms with Crippen LogP contribution in [0, 0.1) is 0 Å². The van der Waals surface area contributed by atoms with Gasteiger partial charge in [0.1, 0.15) is 17.5 Å². The summed E-state index contributed by atoms with van der Waals surface area (Å²) in [5.41, 5.74) is 2.20. The predicted octanol–water partition coefficient (Wildman–Crippen LogP) is 1.77. The van der Waals surface area contributed by atoms with E-state index in [9.17, 15) is 4.79 Å². The maximum atomic E-state index is 11.1. The second-order valence-corrected chi connectivity index (χ2v) is 3.84. The molecule has 6 nitrogen and oxygen atoms in total. The number of carboxylic acids is 1. The van der Waals surface area contributed by atoms with Crippen molar-refractivity contribution in [2.75, 3.05) is 0 Å². The molecule has 0 aliphatic heterocycles. The third-order valence-corrected chi connectivity index (χ3v) is 2.70. The second kappa shape index (κ2) is 3.99. The van der Waals surface area contributed by atoms with Crippen molar-refractivity contribution in [2.24, 2.45) is 0 Å². The predicted molar refractivity (Wildman–Crippen MR) is 62.3 cm³/mol. The minimum atomic E-state index is -0.979. The van der Waals surface area contributed by atoms with Crippen LogP contribution in [0.5, 0.6) is 0 Å². The Morgan fingerprint density at radius 2 is 2.28 bits per heavy atom. The van der Waals surface area contributed by atoms with E-state index in [2.05, 4.69) is 10.1 Å². The molecule has 3 aromatic rings. The summed E-state index contributed by atoms with van der Waals surface area (Å²) in [5.74, 6) is -0.979. The fourth-order valence-electron chi connectivity index (χ4n) is 1.88. The number of para-hydroxylation sites is 1. The number of aromatic nitrogens is 3. The maximum absolute atomic E-state index is 11.1. The largest absolute Gasteiger partial charge is 0.478 e. The lowest BCUT2D eigenvalue weighted by atomic mass is 10.2. The normalized spacial score (nSPS) is 10.9. The molecule has 0 unspecified atom stereocenters. The number of nitrogens with zero attached hydrogens (tertiary/aromatic N) is 3. The molecule has 0 saturated heterocycles. The van der Waals surface area contributed by atoms with Crippen LogP contribution in [-0.2, 0) is 6.54 Å². The Morgan fingerprint density at radius 3 is 3.00 bits per heavy atom. The number of rotatable bonds is 3. The van der Waals surface area contributed by atoms with Gasteiger partial charge in [0.15, 0.2) is 0 Å². The van der Waals surface area contributed by atoms with Crippen LogP contribution >= 0.6 is 0 Å². The van der Waals surface area contributed by atoms with Gasteiger partial charge in [-0.1, -0.05) is 11.2 Å². The van der Waals surface area contributed by atoms with E-state index in [1.165, 1.54) is 12.3 Å². The van der Waals surface area contributed by atoms with Gasteiger partial charge in [0.25, 0.3) is 0 Å². The highest BCUT2D eigenvalue weighted by Gasteiger charge is 2.12. The van der Waals surface area contributed by atoms with Crippen molar-refractivity contribution in [3.63, 3.8) is 0 Å². The lowest BCUT2D eigenvalue weighted by Gasteiger charge is -2.01. The van der Waals surface area contributed by atoms with Crippen LogP contribution in [0.4, 0.5) is 0 Å². The smallest absolute Gasteiger partial charge is 0.337 e. The second-order valence-electron chi connectivity index (χ2n) is 3.84. The van der Waals surface area contributed by atoms with Crippen LogP contribution in [-0.4, -0.2) is 25.8 Å². The van der Waals surface area contributed by atoms with Crippen LogP contribution in [0.2, 0.25) is 0 Å². The summed E-state index contributed by atoms with van der Waals surface area (Å²) >= 11 is 0. The van der Waals surface area contributed by atoms with E-state index in [0.29, 0.717) is 12.1 Å². The van der Waals surface area contributed by atoms with Gasteiger partial charge in [0, 0.05) is 6.07 Å². The van der Waals surface area contributed by atoms with E-state index in [-0.39, 0.29) is 5.56 Å². The number of imidazole rings is 1. The average molecular weight is 243 g/mol. The van der Waals surface area contributed by atoms with Gasteiger partial charge in [-0.15, -0.1) is 0 Å². The van der Waals surface area contributed by atoms with E-state index in [1.807, 2.05) is 10.6 Å². The zero-order valence-corrected chi connectivity index (χ0v) is 9.28. The minimum absolute atomic E-state index is 0.200. The Kier molecular flexibility index (Phi) is 2.33. The zero-order valence-electron chi connectivity index (χ0n) is 9.28. The fourth-order valence-corrected chi connectivity index (χ4v) is 1.88. The zero-order chi connectivity index (χ0) is 12.5. The molecule has 2 aromatic heterocycles. The van der Waals surface area contributed by atoms with Crippen molar-refractivity contribution >= 4 is 17.0 Å². The van der Waals surface area contributed by atoms with Gasteiger partial charge in [0.2, 0.25) is 0 Å². The third-order valence-electron chi connectivity index (χ3n) is 2.70. The van der Waals surface area contributed by atoms with Gasteiger partial charge in [-0.05, 0) is 12.1 Å². The van der Waals surface area contributed by atoms with Crippen LogP contribution < -0.4 is 0 Å². The molecule has 2 heterocycles. The molecular weight excluding hydrogens is 234 g/mol. The monoisotopic (exact) mass is 243 g/mol. The standard InChI is InChI=1S/C12H9N3O3/c16-12(17)9-2-1-3-10-11(9)13-7-15(10)6-8-4-5-18-14-8/h1-5,7H,6H2,(H,16,17). The molecule has 0 aliphatic rings. The Balaban J connectivity index is 2.09. The molecule has 1 aromatic carbocycles. The number of benzene rings is 1. The summed E-state index contributed by atoms with van der Waals surface area (Å²) in [6, 6.07) is 6.83. The number of hydrogen-bond acceptors (Lipinski definition) is 4. The molecule has 0 fully saturated rings. The minimum Gasteiger partial charge on any atom is -0.478 e. The van der Waals surface area contributed by atoms with E-state index < -0.39 is 5.97 Å². The Labute approximate surface area is 101 Å². The van der Waals surface area contributed by atoms with Gasteiger partial charge in [-0.3, -0.25) is 0 Å². The molecule has 0 aliphatic carbocycles. The van der Waals surface area contributed by atoms with Crippen molar-refractivity contribution in [3.05, 3.63) is 48.1 Å². The molecule has 0 amide bonds. The number of aromatic carboxylic acids is 1. The van der Waals surface area contributed by atoms with E-state index in [1.54, 1.807) is 18.5 Å². The highest BCUT2D eigenvalue weighted by Crippen LogP contribution is 2.18. The maximum Gasteiger partial charge on any atom is 0.337 e. The van der Waals surface area contributed by atoms with Crippen LogP contribution in [0.25, 0.3) is 11.0 Å². The van der Waals surface area contributed by atoms with E-state index >= 15 is 0 Å². The first-order chi connectivity index (χ1) is 8.75. The highest BCUT2D eigenvalue weighted by molar-refractivity contribution is 6.00. The Bertz CT molecular complexity index is 701. The van der Waals surface area contributed by atoms with Gasteiger partial charge in [-0.2, -0.15) is 0 Å². The van der Waals surface area contributed by atoms with Crippen molar-refractivity contribution in [2.45, 2.75) is 6.54 Å². The number of carboxylic acid groups (broad SMARTS) is 1. The molecule has 1 N–H and O–H groups in total. The average Bonchev–Trinajstić information content (AvgIpc) is 2.99. The first kappa shape index (κ1) is 10.5. The van der Waals surface area contributed by atoms with E-state index in [4.69, 9.17) is 9.63 Å². The van der Waals surface area contributed by atoms with Gasteiger partial charge >= 0.3 is 5.97 Å². The number of hydrogen-bond donors (Lipinski definition) is 1. The molecule has 0 bridgehead atoms. The van der Waals surface area contributed by atoms with Crippen molar-refractivity contribution < 1.29 is 14.4 Å². The molecule has 0 spiro atoms. The van der Waals surface area contributed by atoms with Crippen molar-refractivity contribution in [1.29, 1.82) is 0 Å². The summed E-state index contributed by atoms with van der Waals surface area (Å²) in [5, 5.41) is 12.9. The van der Waals surface area contributed by atoms with Gasteiger partial charge in [-0.25, -0.2) is 9.78 Å². The summed E-state index contributed by atoms with van der Waals surface area (Å²) in [7, 11) is 0. The highest BCUT2D eigenvalue weighted by atomic mass is 16.5. The van der Waals surface area contributed by atoms with Crippen LogP contribution in [0.1, 0.15) is 16.1 Å². The molecule has 0 radical (unpaired) electrons. The first-order valence-corrected chi connectivity index (χ1v) is 5.32. The van der Waals surface area contributed by atoms with Gasteiger partial charge in [0.05, 0.1) is 24.0 Å². The van der Waals surface area contributed by atoms with Crippen molar-refractivity contribution in [3.8, 4) is 0 Å². The topological polar surface area (TPSA) is 81.1 Å². The Morgan fingerprint density at radius 1 is 1.39 bits per heavy atom. The lowest BCUT2D eigenvalue weighted by Crippen LogP contribution is -2.00. The SMILES string of the molecule is O=C(O)c1cccc2c1ncn2Cc1ccon1. The summed E-state index contributed by atoms with van der Waals surface area (Å²) in [4.78, 5) is 15.2. The van der Waals surface area contributed by atoms with Gasteiger partial charge < -0.3 is 14.2 Å². The molecule has 6 heteroatoms. The molecule has 90 valence electrons. The van der Waals surface area contributed by atoms with Crippen LogP contribution in [0.15, 0.2) is 41.4 Å². The summed E-state index contributed by atoms with van der Waals surface area (Å²) in [6.45, 7) is 0.496. The molecule has 18 heavy (non-hydrogen) atoms. The molecule has 3 rings (SSSR count). The number of carbonyl (C=O) groups is 1. The van der Waals surface area contributed by atoms with Crippen molar-refractivity contribution in [1.82, 2.24) is 14.7 Å². The van der Waals surface area contributed by atoms with Crippen LogP contribution in [0.3, 0.4) is 0 Å². The molecular formula is C12H9N3O3. The Hall–Kier alpha value is -2.63. The third kappa shape index (κ3) is 1.64. The lowest BCUT2D eigenvalue weighted by molar-refractivity contribution is 0.0699. The summed E-state index contributed by atoms with van der Waals surface area (Å²) < 4.78 is 6.59. The van der Waals surface area contributed by atoms with E-state index in [0.717, 1.165) is 11.2 Å². The first-order valence-electron chi connectivity index (χ1n) is 5.32.